The van der Waals surface area contributed by atoms with E-state index in [0.717, 1.165) is 17.9 Å². The SMILES string of the molecule is Fc1cc(Cl)ccc1-c1ccc(C#Cc2ccc(OCCN3CCCC3)cc2)nn1. The number of aromatic nitrogens is 2. The minimum absolute atomic E-state index is 0.342. The van der Waals surface area contributed by atoms with Crippen molar-refractivity contribution in [1.29, 1.82) is 0 Å². The van der Waals surface area contributed by atoms with E-state index in [9.17, 15) is 4.39 Å². The highest BCUT2D eigenvalue weighted by molar-refractivity contribution is 6.30. The molecule has 2 heterocycles. The first-order valence-corrected chi connectivity index (χ1v) is 10.3. The van der Waals surface area contributed by atoms with Gasteiger partial charge in [-0.1, -0.05) is 17.5 Å². The monoisotopic (exact) mass is 421 g/mol. The molecule has 0 amide bonds. The molecule has 0 bridgehead atoms. The van der Waals surface area contributed by atoms with E-state index in [0.29, 0.717) is 28.6 Å². The van der Waals surface area contributed by atoms with Crippen LogP contribution in [0.5, 0.6) is 5.75 Å². The van der Waals surface area contributed by atoms with Crippen LogP contribution in [0.2, 0.25) is 5.02 Å². The van der Waals surface area contributed by atoms with Crippen molar-refractivity contribution in [2.24, 2.45) is 0 Å². The third-order valence-electron chi connectivity index (χ3n) is 4.94. The van der Waals surface area contributed by atoms with Crippen LogP contribution in [0.4, 0.5) is 4.39 Å². The van der Waals surface area contributed by atoms with Crippen LogP contribution in [0.1, 0.15) is 24.1 Å². The fourth-order valence-electron chi connectivity index (χ4n) is 3.31. The average molecular weight is 422 g/mol. The van der Waals surface area contributed by atoms with Gasteiger partial charge in [0.15, 0.2) is 0 Å². The molecule has 1 aliphatic heterocycles. The van der Waals surface area contributed by atoms with E-state index in [1.165, 1.54) is 32.0 Å². The second-order valence-corrected chi connectivity index (χ2v) is 7.54. The number of likely N-dealkylation sites (tertiary alicyclic amines) is 1. The van der Waals surface area contributed by atoms with E-state index in [-0.39, 0.29) is 0 Å². The van der Waals surface area contributed by atoms with E-state index >= 15 is 0 Å². The van der Waals surface area contributed by atoms with Crippen molar-refractivity contribution < 1.29 is 9.13 Å². The quantitative estimate of drug-likeness (QED) is 0.554. The summed E-state index contributed by atoms with van der Waals surface area (Å²) in [5.74, 6) is 6.45. The molecule has 3 aromatic rings. The Kier molecular flexibility index (Phi) is 6.58. The van der Waals surface area contributed by atoms with Crippen LogP contribution < -0.4 is 4.74 Å². The molecule has 4 rings (SSSR count). The summed E-state index contributed by atoms with van der Waals surface area (Å²) in [6.45, 7) is 4.02. The summed E-state index contributed by atoms with van der Waals surface area (Å²) in [5, 5.41) is 8.49. The van der Waals surface area contributed by atoms with Crippen LogP contribution in [0.15, 0.2) is 54.6 Å². The first-order valence-electron chi connectivity index (χ1n) is 9.94. The Morgan fingerprint density at radius 2 is 1.77 bits per heavy atom. The Morgan fingerprint density at radius 1 is 0.967 bits per heavy atom. The summed E-state index contributed by atoms with van der Waals surface area (Å²) >= 11 is 5.79. The maximum absolute atomic E-state index is 14.0. The van der Waals surface area contributed by atoms with Crippen LogP contribution in [0, 0.1) is 17.7 Å². The number of hydrogen-bond acceptors (Lipinski definition) is 4. The number of halogens is 2. The minimum Gasteiger partial charge on any atom is -0.492 e. The third-order valence-corrected chi connectivity index (χ3v) is 5.17. The molecule has 0 unspecified atom stereocenters. The van der Waals surface area contributed by atoms with E-state index < -0.39 is 5.82 Å². The van der Waals surface area contributed by atoms with Crippen molar-refractivity contribution in [2.75, 3.05) is 26.2 Å². The largest absolute Gasteiger partial charge is 0.492 e. The van der Waals surface area contributed by atoms with E-state index in [4.69, 9.17) is 16.3 Å². The molecule has 1 saturated heterocycles. The second kappa shape index (κ2) is 9.71. The Labute approximate surface area is 180 Å². The minimum atomic E-state index is -0.432. The van der Waals surface area contributed by atoms with Crippen molar-refractivity contribution in [1.82, 2.24) is 15.1 Å². The lowest BCUT2D eigenvalue weighted by Gasteiger charge is -2.14. The van der Waals surface area contributed by atoms with Crippen LogP contribution >= 0.6 is 11.6 Å². The first-order chi connectivity index (χ1) is 14.7. The highest BCUT2D eigenvalue weighted by atomic mass is 35.5. The Bertz CT molecular complexity index is 1050. The fourth-order valence-corrected chi connectivity index (χ4v) is 3.47. The summed E-state index contributed by atoms with van der Waals surface area (Å²) in [6.07, 6.45) is 2.58. The molecule has 6 heteroatoms. The molecule has 0 N–H and O–H groups in total. The number of benzene rings is 2. The molecule has 30 heavy (non-hydrogen) atoms. The van der Waals surface area contributed by atoms with Crippen LogP contribution in [0.25, 0.3) is 11.3 Å². The molecule has 152 valence electrons. The number of ether oxygens (including phenoxy) is 1. The zero-order valence-corrected chi connectivity index (χ0v) is 17.2. The Morgan fingerprint density at radius 3 is 2.47 bits per heavy atom. The zero-order valence-electron chi connectivity index (χ0n) is 16.4. The normalized spacial score (nSPS) is 13.7. The molecule has 2 aromatic carbocycles. The molecule has 0 radical (unpaired) electrons. The summed E-state index contributed by atoms with van der Waals surface area (Å²) in [5.41, 5.74) is 2.16. The van der Waals surface area contributed by atoms with Crippen molar-refractivity contribution in [3.8, 4) is 28.8 Å². The molecule has 1 aliphatic rings. The molecule has 0 aliphatic carbocycles. The topological polar surface area (TPSA) is 38.2 Å². The van der Waals surface area contributed by atoms with Gasteiger partial charge in [-0.2, -0.15) is 0 Å². The lowest BCUT2D eigenvalue weighted by atomic mass is 10.1. The molecule has 0 saturated carbocycles. The smallest absolute Gasteiger partial charge is 0.136 e. The first kappa shape index (κ1) is 20.3. The maximum atomic E-state index is 14.0. The van der Waals surface area contributed by atoms with Crippen molar-refractivity contribution in [2.45, 2.75) is 12.8 Å². The van der Waals surface area contributed by atoms with Crippen molar-refractivity contribution in [3.05, 3.63) is 76.7 Å². The average Bonchev–Trinajstić information content (AvgIpc) is 3.27. The summed E-state index contributed by atoms with van der Waals surface area (Å²) < 4.78 is 19.8. The van der Waals surface area contributed by atoms with E-state index in [1.54, 1.807) is 24.3 Å². The van der Waals surface area contributed by atoms with Gasteiger partial charge >= 0.3 is 0 Å². The van der Waals surface area contributed by atoms with Gasteiger partial charge in [-0.15, -0.1) is 10.2 Å². The van der Waals surface area contributed by atoms with Gasteiger partial charge in [-0.3, -0.25) is 4.90 Å². The van der Waals surface area contributed by atoms with Crippen LogP contribution in [-0.4, -0.2) is 41.3 Å². The van der Waals surface area contributed by atoms with Gasteiger partial charge in [0.2, 0.25) is 0 Å². The Balaban J connectivity index is 1.35. The zero-order chi connectivity index (χ0) is 20.8. The van der Waals surface area contributed by atoms with E-state index in [2.05, 4.69) is 26.9 Å². The van der Waals surface area contributed by atoms with Gasteiger partial charge in [0.1, 0.15) is 23.9 Å². The number of hydrogen-bond donors (Lipinski definition) is 0. The lowest BCUT2D eigenvalue weighted by molar-refractivity contribution is 0.238. The van der Waals surface area contributed by atoms with Gasteiger partial charge in [0, 0.05) is 22.7 Å². The van der Waals surface area contributed by atoms with Crippen molar-refractivity contribution in [3.63, 3.8) is 0 Å². The predicted octanol–water partition coefficient (Wildman–Crippen LogP) is 4.81. The molecule has 0 spiro atoms. The number of rotatable bonds is 5. The lowest BCUT2D eigenvalue weighted by Crippen LogP contribution is -2.25. The molecule has 1 fully saturated rings. The van der Waals surface area contributed by atoms with Gasteiger partial charge in [0.25, 0.3) is 0 Å². The highest BCUT2D eigenvalue weighted by Gasteiger charge is 2.10. The number of nitrogens with zero attached hydrogens (tertiary/aromatic N) is 3. The molecule has 0 atom stereocenters. The molecular formula is C24H21ClFN3O. The summed E-state index contributed by atoms with van der Waals surface area (Å²) in [7, 11) is 0. The third kappa shape index (κ3) is 5.35. The fraction of sp³-hybridized carbons (Fsp3) is 0.250. The molecular weight excluding hydrogens is 401 g/mol. The highest BCUT2D eigenvalue weighted by Crippen LogP contribution is 2.23. The van der Waals surface area contributed by atoms with Gasteiger partial charge in [0.05, 0.1) is 5.69 Å². The van der Waals surface area contributed by atoms with E-state index in [1.807, 2.05) is 24.3 Å². The van der Waals surface area contributed by atoms with Gasteiger partial charge in [-0.25, -0.2) is 4.39 Å². The Hall–Kier alpha value is -2.94. The van der Waals surface area contributed by atoms with Gasteiger partial charge < -0.3 is 4.74 Å². The van der Waals surface area contributed by atoms with Crippen LogP contribution in [0.3, 0.4) is 0 Å². The van der Waals surface area contributed by atoms with Crippen molar-refractivity contribution >= 4 is 11.6 Å². The van der Waals surface area contributed by atoms with Crippen LogP contribution in [-0.2, 0) is 0 Å². The summed E-state index contributed by atoms with van der Waals surface area (Å²) in [4.78, 5) is 2.42. The standard InChI is InChI=1S/C24H21ClFN3O/c25-19-6-11-22(23(26)17-19)24-12-8-20(27-28-24)7-3-18-4-9-21(10-5-18)30-16-15-29-13-1-2-14-29/h4-6,8-12,17H,1-2,13-16H2. The molecule has 4 nitrogen and oxygen atoms in total. The predicted molar refractivity (Wildman–Crippen MR) is 116 cm³/mol. The second-order valence-electron chi connectivity index (χ2n) is 7.10. The molecule has 1 aromatic heterocycles. The van der Waals surface area contributed by atoms with Gasteiger partial charge in [-0.05, 0) is 86.4 Å². The maximum Gasteiger partial charge on any atom is 0.136 e. The summed E-state index contributed by atoms with van der Waals surface area (Å²) in [6, 6.07) is 15.6.